The van der Waals surface area contributed by atoms with Crippen LogP contribution in [0.5, 0.6) is 0 Å². The first-order chi connectivity index (χ1) is 7.24. The Bertz CT molecular complexity index is 329. The lowest BCUT2D eigenvalue weighted by Gasteiger charge is -2.13. The molecule has 1 aromatic carbocycles. The molecule has 0 aliphatic carbocycles. The third kappa shape index (κ3) is 4.18. The zero-order valence-corrected chi connectivity index (χ0v) is 9.40. The number of benzene rings is 1. The van der Waals surface area contributed by atoms with E-state index in [9.17, 15) is 5.11 Å². The molecule has 0 aliphatic rings. The molecule has 0 radical (unpaired) electrons. The Labute approximate surface area is 92.1 Å². The van der Waals surface area contributed by atoms with Gasteiger partial charge in [-0.1, -0.05) is 37.0 Å². The Balaban J connectivity index is 2.53. The Kier molecular flexibility index (Phi) is 4.93. The zero-order chi connectivity index (χ0) is 11.1. The fourth-order valence-corrected chi connectivity index (χ4v) is 1.46. The summed E-state index contributed by atoms with van der Waals surface area (Å²) in [4.78, 5) is 0. The van der Waals surface area contributed by atoms with Gasteiger partial charge in [0.25, 0.3) is 0 Å². The smallest absolute Gasteiger partial charge is 0.0549 e. The molecule has 0 heterocycles. The second kappa shape index (κ2) is 6.27. The van der Waals surface area contributed by atoms with Crippen LogP contribution in [0.4, 0.5) is 0 Å². The van der Waals surface area contributed by atoms with Gasteiger partial charge < -0.3 is 5.11 Å². The first-order valence-electron chi connectivity index (χ1n) is 5.46. The fraction of sp³-hybridized carbons (Fsp3) is 0.429. The molecule has 2 atom stereocenters. The maximum absolute atomic E-state index is 9.44. The molecular weight excluding hydrogens is 184 g/mol. The summed E-state index contributed by atoms with van der Waals surface area (Å²) < 4.78 is 0. The molecule has 2 unspecified atom stereocenters. The van der Waals surface area contributed by atoms with Crippen molar-refractivity contribution in [2.45, 2.75) is 32.8 Å². The Morgan fingerprint density at radius 1 is 1.27 bits per heavy atom. The van der Waals surface area contributed by atoms with E-state index in [0.717, 1.165) is 18.4 Å². The number of aliphatic hydroxyl groups excluding tert-OH is 1. The molecule has 0 aliphatic heterocycles. The van der Waals surface area contributed by atoms with Gasteiger partial charge in [-0.25, -0.2) is 0 Å². The maximum Gasteiger partial charge on any atom is 0.0549 e. The molecule has 0 bridgehead atoms. The van der Waals surface area contributed by atoms with E-state index in [1.54, 1.807) is 0 Å². The van der Waals surface area contributed by atoms with Gasteiger partial charge in [0, 0.05) is 12.0 Å². The molecular formula is C14H18O. The van der Waals surface area contributed by atoms with Crippen molar-refractivity contribution in [1.29, 1.82) is 0 Å². The van der Waals surface area contributed by atoms with Crippen molar-refractivity contribution in [1.82, 2.24) is 0 Å². The minimum absolute atomic E-state index is 0.264. The first kappa shape index (κ1) is 11.8. The zero-order valence-electron chi connectivity index (χ0n) is 9.40. The van der Waals surface area contributed by atoms with Crippen molar-refractivity contribution in [3.63, 3.8) is 0 Å². The monoisotopic (exact) mass is 202 g/mol. The molecule has 1 nitrogen and oxygen atoms in total. The predicted octanol–water partition coefficient (Wildman–Crippen LogP) is 2.84. The Morgan fingerprint density at radius 3 is 2.47 bits per heavy atom. The predicted molar refractivity (Wildman–Crippen MR) is 63.4 cm³/mol. The second-order valence-corrected chi connectivity index (χ2v) is 3.78. The van der Waals surface area contributed by atoms with Gasteiger partial charge in [-0.15, -0.1) is 0 Å². The highest BCUT2D eigenvalue weighted by molar-refractivity contribution is 5.33. The van der Waals surface area contributed by atoms with Crippen molar-refractivity contribution in [3.8, 4) is 11.8 Å². The molecule has 0 spiro atoms. The average molecular weight is 202 g/mol. The summed E-state index contributed by atoms with van der Waals surface area (Å²) in [5.41, 5.74) is 1.04. The molecule has 1 N–H and O–H groups in total. The third-order valence-electron chi connectivity index (χ3n) is 2.58. The summed E-state index contributed by atoms with van der Waals surface area (Å²) in [6.07, 6.45) is 1.48. The number of rotatable bonds is 3. The molecule has 0 saturated carbocycles. The SMILES string of the molecule is CCC(CC#Cc1ccccc1)C(C)O. The maximum atomic E-state index is 9.44. The molecule has 1 rings (SSSR count). The van der Waals surface area contributed by atoms with Crippen LogP contribution in [0.1, 0.15) is 32.3 Å². The van der Waals surface area contributed by atoms with Crippen molar-refractivity contribution in [2.75, 3.05) is 0 Å². The Morgan fingerprint density at radius 2 is 1.93 bits per heavy atom. The van der Waals surface area contributed by atoms with Gasteiger partial charge >= 0.3 is 0 Å². The van der Waals surface area contributed by atoms with E-state index >= 15 is 0 Å². The molecule has 15 heavy (non-hydrogen) atoms. The first-order valence-corrected chi connectivity index (χ1v) is 5.46. The number of aliphatic hydroxyl groups is 1. The summed E-state index contributed by atoms with van der Waals surface area (Å²) in [7, 11) is 0. The number of hydrogen-bond acceptors (Lipinski definition) is 1. The van der Waals surface area contributed by atoms with Crippen molar-refractivity contribution in [2.24, 2.45) is 5.92 Å². The highest BCUT2D eigenvalue weighted by atomic mass is 16.3. The van der Waals surface area contributed by atoms with Crippen molar-refractivity contribution < 1.29 is 5.11 Å². The van der Waals surface area contributed by atoms with Crippen LogP contribution in [0.2, 0.25) is 0 Å². The summed E-state index contributed by atoms with van der Waals surface area (Å²) in [5, 5.41) is 9.44. The van der Waals surface area contributed by atoms with E-state index in [1.807, 2.05) is 37.3 Å². The van der Waals surface area contributed by atoms with Gasteiger partial charge in [0.2, 0.25) is 0 Å². The van der Waals surface area contributed by atoms with E-state index in [0.29, 0.717) is 5.92 Å². The van der Waals surface area contributed by atoms with E-state index in [-0.39, 0.29) is 6.10 Å². The summed E-state index contributed by atoms with van der Waals surface area (Å²) in [6, 6.07) is 9.94. The quantitative estimate of drug-likeness (QED) is 0.747. The van der Waals surface area contributed by atoms with Gasteiger partial charge in [0.15, 0.2) is 0 Å². The largest absolute Gasteiger partial charge is 0.393 e. The van der Waals surface area contributed by atoms with E-state index in [1.165, 1.54) is 0 Å². The lowest BCUT2D eigenvalue weighted by Crippen LogP contribution is -2.14. The van der Waals surface area contributed by atoms with Crippen LogP contribution < -0.4 is 0 Å². The van der Waals surface area contributed by atoms with Crippen LogP contribution in [0.3, 0.4) is 0 Å². The van der Waals surface area contributed by atoms with E-state index in [4.69, 9.17) is 0 Å². The van der Waals surface area contributed by atoms with E-state index < -0.39 is 0 Å². The van der Waals surface area contributed by atoms with Gasteiger partial charge in [0.05, 0.1) is 6.10 Å². The van der Waals surface area contributed by atoms with Crippen LogP contribution in [-0.2, 0) is 0 Å². The molecule has 1 aromatic rings. The van der Waals surface area contributed by atoms with Crippen molar-refractivity contribution >= 4 is 0 Å². The lowest BCUT2D eigenvalue weighted by molar-refractivity contribution is 0.125. The van der Waals surface area contributed by atoms with Crippen LogP contribution >= 0.6 is 0 Å². The minimum atomic E-state index is -0.264. The topological polar surface area (TPSA) is 20.2 Å². The fourth-order valence-electron chi connectivity index (χ4n) is 1.46. The molecule has 80 valence electrons. The van der Waals surface area contributed by atoms with Crippen LogP contribution in [-0.4, -0.2) is 11.2 Å². The van der Waals surface area contributed by atoms with Crippen molar-refractivity contribution in [3.05, 3.63) is 35.9 Å². The minimum Gasteiger partial charge on any atom is -0.393 e. The Hall–Kier alpha value is -1.26. The molecule has 0 aromatic heterocycles. The molecule has 0 saturated heterocycles. The normalized spacial score (nSPS) is 13.8. The molecule has 0 amide bonds. The third-order valence-corrected chi connectivity index (χ3v) is 2.58. The van der Waals surface area contributed by atoms with Gasteiger partial charge in [-0.2, -0.15) is 0 Å². The standard InChI is InChI=1S/C14H18O/c1-3-14(12(2)15)11-7-10-13-8-5-4-6-9-13/h4-6,8-9,12,14-15H,3,11H2,1-2H3. The van der Waals surface area contributed by atoms with E-state index in [2.05, 4.69) is 18.8 Å². The van der Waals surface area contributed by atoms with Crippen LogP contribution in [0, 0.1) is 17.8 Å². The van der Waals surface area contributed by atoms with Gasteiger partial charge in [-0.3, -0.25) is 0 Å². The molecule has 0 fully saturated rings. The van der Waals surface area contributed by atoms with Crippen LogP contribution in [0.25, 0.3) is 0 Å². The lowest BCUT2D eigenvalue weighted by atomic mass is 9.97. The summed E-state index contributed by atoms with van der Waals surface area (Å²) >= 11 is 0. The molecule has 1 heteroatoms. The highest BCUT2D eigenvalue weighted by Crippen LogP contribution is 2.12. The summed E-state index contributed by atoms with van der Waals surface area (Å²) in [5.74, 6) is 6.52. The van der Waals surface area contributed by atoms with Crippen LogP contribution in [0.15, 0.2) is 30.3 Å². The summed E-state index contributed by atoms with van der Waals surface area (Å²) in [6.45, 7) is 3.92. The highest BCUT2D eigenvalue weighted by Gasteiger charge is 2.10. The second-order valence-electron chi connectivity index (χ2n) is 3.78. The van der Waals surface area contributed by atoms with Gasteiger partial charge in [-0.05, 0) is 31.4 Å². The van der Waals surface area contributed by atoms with Gasteiger partial charge in [0.1, 0.15) is 0 Å². The number of hydrogen-bond donors (Lipinski definition) is 1. The average Bonchev–Trinajstić information content (AvgIpc) is 2.25.